The average molecular weight is 246 g/mol. The van der Waals surface area contributed by atoms with Gasteiger partial charge in [0, 0.05) is 25.5 Å². The quantitative estimate of drug-likeness (QED) is 0.826. The molecule has 100 valence electrons. The van der Waals surface area contributed by atoms with Crippen LogP contribution >= 0.6 is 0 Å². The molecule has 1 saturated carbocycles. The van der Waals surface area contributed by atoms with Crippen molar-refractivity contribution in [2.75, 3.05) is 6.54 Å². The van der Waals surface area contributed by atoms with Crippen LogP contribution < -0.4 is 5.32 Å². The lowest BCUT2D eigenvalue weighted by Crippen LogP contribution is -2.33. The van der Waals surface area contributed by atoms with E-state index in [1.165, 1.54) is 44.2 Å². The third-order valence-corrected chi connectivity index (χ3v) is 4.06. The van der Waals surface area contributed by atoms with Gasteiger partial charge in [-0.1, -0.05) is 32.8 Å². The zero-order valence-corrected chi connectivity index (χ0v) is 11.8. The van der Waals surface area contributed by atoms with Gasteiger partial charge in [0.15, 0.2) is 0 Å². The van der Waals surface area contributed by atoms with Gasteiger partial charge in [0.2, 0.25) is 0 Å². The van der Waals surface area contributed by atoms with E-state index >= 15 is 0 Å². The molecule has 1 aliphatic rings. The first-order valence-electron chi connectivity index (χ1n) is 7.30. The lowest BCUT2D eigenvalue weighted by Gasteiger charge is -2.31. The number of rotatable bonds is 6. The predicted molar refractivity (Wildman–Crippen MR) is 76.3 cm³/mol. The Labute approximate surface area is 111 Å². The molecule has 0 aromatic carbocycles. The molecule has 2 rings (SSSR count). The van der Waals surface area contributed by atoms with Crippen molar-refractivity contribution in [3.05, 3.63) is 30.1 Å². The van der Waals surface area contributed by atoms with Crippen LogP contribution in [0.3, 0.4) is 0 Å². The molecule has 0 saturated heterocycles. The fourth-order valence-electron chi connectivity index (χ4n) is 3.42. The molecule has 0 spiro atoms. The molecule has 0 bridgehead atoms. The zero-order chi connectivity index (χ0) is 12.8. The summed E-state index contributed by atoms with van der Waals surface area (Å²) in [4.78, 5) is 4.16. The van der Waals surface area contributed by atoms with Crippen molar-refractivity contribution in [2.24, 2.45) is 11.3 Å². The third-order valence-electron chi connectivity index (χ3n) is 4.06. The number of nitrogens with one attached hydrogen (secondary N) is 1. The van der Waals surface area contributed by atoms with Crippen LogP contribution in [-0.2, 0) is 6.54 Å². The second-order valence-electron chi connectivity index (χ2n) is 6.27. The van der Waals surface area contributed by atoms with Gasteiger partial charge in [-0.05, 0) is 42.2 Å². The van der Waals surface area contributed by atoms with Crippen molar-refractivity contribution >= 4 is 0 Å². The maximum Gasteiger partial charge on any atom is 0.0312 e. The molecule has 0 unspecified atom stereocenters. The van der Waals surface area contributed by atoms with Crippen LogP contribution in [-0.4, -0.2) is 11.5 Å². The van der Waals surface area contributed by atoms with Crippen molar-refractivity contribution in [1.29, 1.82) is 0 Å². The third kappa shape index (κ3) is 3.81. The maximum atomic E-state index is 4.16. The lowest BCUT2D eigenvalue weighted by molar-refractivity contribution is 0.223. The van der Waals surface area contributed by atoms with Crippen LogP contribution in [0.2, 0.25) is 0 Å². The number of aromatic nitrogens is 1. The highest BCUT2D eigenvalue weighted by molar-refractivity contribution is 5.08. The Kier molecular flexibility index (Phi) is 4.76. The van der Waals surface area contributed by atoms with E-state index in [1.54, 1.807) is 0 Å². The molecule has 1 aromatic heterocycles. The minimum absolute atomic E-state index is 0.566. The molecule has 1 aromatic rings. The fraction of sp³-hybridized carbons (Fsp3) is 0.688. The van der Waals surface area contributed by atoms with E-state index in [0.29, 0.717) is 5.41 Å². The first kappa shape index (κ1) is 13.5. The summed E-state index contributed by atoms with van der Waals surface area (Å²) in [5, 5.41) is 3.65. The van der Waals surface area contributed by atoms with Crippen LogP contribution in [0.25, 0.3) is 0 Å². The molecule has 0 aliphatic heterocycles. The predicted octanol–water partition coefficient (Wildman–Crippen LogP) is 3.78. The Bertz CT molecular complexity index is 339. The van der Waals surface area contributed by atoms with Gasteiger partial charge in [-0.15, -0.1) is 0 Å². The van der Waals surface area contributed by atoms with Crippen molar-refractivity contribution in [3.63, 3.8) is 0 Å². The summed E-state index contributed by atoms with van der Waals surface area (Å²) in [6.07, 6.45) is 10.8. The van der Waals surface area contributed by atoms with E-state index in [2.05, 4.69) is 30.2 Å². The van der Waals surface area contributed by atoms with E-state index in [4.69, 9.17) is 0 Å². The second-order valence-corrected chi connectivity index (χ2v) is 6.27. The van der Waals surface area contributed by atoms with Crippen LogP contribution in [0, 0.1) is 11.3 Å². The number of pyridine rings is 1. The average Bonchev–Trinajstić information content (AvgIpc) is 2.78. The molecule has 1 heterocycles. The first-order chi connectivity index (χ1) is 8.70. The van der Waals surface area contributed by atoms with E-state index in [1.807, 2.05) is 18.5 Å². The van der Waals surface area contributed by atoms with Gasteiger partial charge in [-0.3, -0.25) is 4.98 Å². The summed E-state index contributed by atoms with van der Waals surface area (Å²) in [5.74, 6) is 0.809. The summed E-state index contributed by atoms with van der Waals surface area (Å²) in [5.41, 5.74) is 1.85. The molecule has 2 heteroatoms. The maximum absolute atomic E-state index is 4.16. The van der Waals surface area contributed by atoms with Crippen LogP contribution in [0.5, 0.6) is 0 Å². The number of nitrogens with zero attached hydrogens (tertiary/aromatic N) is 1. The topological polar surface area (TPSA) is 24.9 Å². The monoisotopic (exact) mass is 246 g/mol. The van der Waals surface area contributed by atoms with E-state index in [9.17, 15) is 0 Å². The van der Waals surface area contributed by atoms with E-state index < -0.39 is 0 Å². The van der Waals surface area contributed by atoms with Gasteiger partial charge in [-0.2, -0.15) is 0 Å². The molecular weight excluding hydrogens is 220 g/mol. The fourth-order valence-corrected chi connectivity index (χ4v) is 3.42. The number of hydrogen-bond acceptors (Lipinski definition) is 2. The molecule has 1 fully saturated rings. The normalized spacial score (nSPS) is 18.4. The summed E-state index contributed by atoms with van der Waals surface area (Å²) in [6, 6.07) is 4.15. The van der Waals surface area contributed by atoms with Gasteiger partial charge in [0.25, 0.3) is 0 Å². The second kappa shape index (κ2) is 6.33. The molecule has 18 heavy (non-hydrogen) atoms. The zero-order valence-electron chi connectivity index (χ0n) is 11.8. The highest BCUT2D eigenvalue weighted by Gasteiger charge is 2.33. The Morgan fingerprint density at radius 2 is 2.11 bits per heavy atom. The van der Waals surface area contributed by atoms with Gasteiger partial charge in [-0.25, -0.2) is 0 Å². The Morgan fingerprint density at radius 3 is 2.72 bits per heavy atom. The van der Waals surface area contributed by atoms with Gasteiger partial charge in [0.1, 0.15) is 0 Å². The molecule has 1 N–H and O–H groups in total. The summed E-state index contributed by atoms with van der Waals surface area (Å²) in [6.45, 7) is 6.82. The minimum Gasteiger partial charge on any atom is -0.312 e. The Balaban J connectivity index is 1.83. The summed E-state index contributed by atoms with van der Waals surface area (Å²) < 4.78 is 0. The van der Waals surface area contributed by atoms with Gasteiger partial charge >= 0.3 is 0 Å². The largest absolute Gasteiger partial charge is 0.312 e. The summed E-state index contributed by atoms with van der Waals surface area (Å²) in [7, 11) is 0. The van der Waals surface area contributed by atoms with Crippen LogP contribution in [0.4, 0.5) is 0 Å². The SMILES string of the molecule is CC(C)CC1(CNCc2cccnc2)CCCC1. The Hall–Kier alpha value is -0.890. The smallest absolute Gasteiger partial charge is 0.0312 e. The van der Waals surface area contributed by atoms with Crippen molar-refractivity contribution in [1.82, 2.24) is 10.3 Å². The molecule has 0 radical (unpaired) electrons. The molecule has 2 nitrogen and oxygen atoms in total. The summed E-state index contributed by atoms with van der Waals surface area (Å²) >= 11 is 0. The van der Waals surface area contributed by atoms with E-state index in [-0.39, 0.29) is 0 Å². The Morgan fingerprint density at radius 1 is 1.33 bits per heavy atom. The molecule has 0 atom stereocenters. The van der Waals surface area contributed by atoms with Gasteiger partial charge in [0.05, 0.1) is 0 Å². The lowest BCUT2D eigenvalue weighted by atomic mass is 9.78. The standard InChI is InChI=1S/C16H26N2/c1-14(2)10-16(7-3-4-8-16)13-18-12-15-6-5-9-17-11-15/h5-6,9,11,14,18H,3-4,7-8,10,12-13H2,1-2H3. The number of hydrogen-bond donors (Lipinski definition) is 1. The van der Waals surface area contributed by atoms with Crippen LogP contribution in [0.1, 0.15) is 51.5 Å². The van der Waals surface area contributed by atoms with E-state index in [0.717, 1.165) is 12.5 Å². The van der Waals surface area contributed by atoms with Gasteiger partial charge < -0.3 is 5.32 Å². The van der Waals surface area contributed by atoms with Crippen molar-refractivity contribution in [2.45, 2.75) is 52.5 Å². The first-order valence-corrected chi connectivity index (χ1v) is 7.30. The van der Waals surface area contributed by atoms with Crippen LogP contribution in [0.15, 0.2) is 24.5 Å². The molecular formula is C16H26N2. The van der Waals surface area contributed by atoms with Crippen molar-refractivity contribution < 1.29 is 0 Å². The minimum atomic E-state index is 0.566. The highest BCUT2D eigenvalue weighted by Crippen LogP contribution is 2.42. The highest BCUT2D eigenvalue weighted by atomic mass is 14.9. The molecule has 0 amide bonds. The van der Waals surface area contributed by atoms with Crippen molar-refractivity contribution in [3.8, 4) is 0 Å². The molecule has 1 aliphatic carbocycles.